The number of aryl methyl sites for hydroxylation is 1. The minimum atomic E-state index is -0.0586. The molecule has 0 spiro atoms. The maximum absolute atomic E-state index is 12.5. The van der Waals surface area contributed by atoms with Gasteiger partial charge in [0.15, 0.2) is 6.29 Å². The Morgan fingerprint density at radius 3 is 2.58 bits per heavy atom. The van der Waals surface area contributed by atoms with Gasteiger partial charge in [-0.25, -0.2) is 9.98 Å². The summed E-state index contributed by atoms with van der Waals surface area (Å²) in [4.78, 5) is 52.5. The molecule has 274 valence electrons. The van der Waals surface area contributed by atoms with Gasteiger partial charge in [0.1, 0.15) is 5.82 Å². The van der Waals surface area contributed by atoms with E-state index >= 15 is 0 Å². The lowest BCUT2D eigenvalue weighted by Gasteiger charge is -2.19. The Kier molecular flexibility index (Phi) is 12.0. The number of nitrogens with zero attached hydrogens (tertiary/aromatic N) is 5. The lowest BCUT2D eigenvalue weighted by atomic mass is 10.1. The van der Waals surface area contributed by atoms with Crippen molar-refractivity contribution in [2.24, 2.45) is 4.99 Å². The van der Waals surface area contributed by atoms with E-state index in [1.54, 1.807) is 0 Å². The number of nitrogens with one attached hydrogen (secondary N) is 3. The van der Waals surface area contributed by atoms with Crippen LogP contribution < -0.4 is 10.6 Å². The number of aliphatic imine (C=N–C) groups is 1. The number of H-pyrrole nitrogens is 1. The minimum Gasteiger partial charge on any atom is -0.386 e. The summed E-state index contributed by atoms with van der Waals surface area (Å²) >= 11 is 0. The van der Waals surface area contributed by atoms with Crippen molar-refractivity contribution in [3.05, 3.63) is 54.6 Å². The zero-order chi connectivity index (χ0) is 36.6. The molecule has 2 aliphatic heterocycles. The molecule has 2 fully saturated rings. The first kappa shape index (κ1) is 36.8. The number of aldehydes is 1. The molecule has 5 aromatic rings. The Morgan fingerprint density at radius 2 is 1.87 bits per heavy atom. The fourth-order valence-corrected chi connectivity index (χ4v) is 7.57. The van der Waals surface area contributed by atoms with Crippen LogP contribution in [0.2, 0.25) is 0 Å². The van der Waals surface area contributed by atoms with Crippen molar-refractivity contribution in [1.82, 2.24) is 29.7 Å². The van der Waals surface area contributed by atoms with Gasteiger partial charge in [-0.2, -0.15) is 0 Å². The van der Waals surface area contributed by atoms with Gasteiger partial charge in [-0.05, 0) is 89.0 Å². The Hall–Kier alpha value is -5.03. The van der Waals surface area contributed by atoms with E-state index in [1.807, 2.05) is 24.1 Å². The number of amides is 2. The molecule has 1 atom stereocenters. The number of anilines is 1. The molecule has 52 heavy (non-hydrogen) atoms. The Balaban J connectivity index is 0.000000451. The molecule has 2 aromatic heterocycles. The fourth-order valence-electron chi connectivity index (χ4n) is 7.57. The second-order valence-electron chi connectivity index (χ2n) is 13.8. The van der Waals surface area contributed by atoms with E-state index in [0.717, 1.165) is 86.3 Å². The number of likely N-dealkylation sites (tertiary alicyclic amines) is 2. The molecule has 3 aromatic carbocycles. The lowest BCUT2D eigenvalue weighted by molar-refractivity contribution is -0.127. The Labute approximate surface area is 305 Å². The number of carbonyl (C=O) groups is 3. The molecule has 2 saturated heterocycles. The summed E-state index contributed by atoms with van der Waals surface area (Å²) < 4.78 is 2.33. The predicted octanol–water partition coefficient (Wildman–Crippen LogP) is 7.07. The third-order valence-corrected chi connectivity index (χ3v) is 10.4. The maximum atomic E-state index is 12.5. The zero-order valence-corrected chi connectivity index (χ0v) is 31.0. The minimum absolute atomic E-state index is 0.0586. The molecule has 0 bridgehead atoms. The zero-order valence-electron chi connectivity index (χ0n) is 31.0. The van der Waals surface area contributed by atoms with Crippen molar-refractivity contribution in [2.75, 3.05) is 45.6 Å². The van der Waals surface area contributed by atoms with E-state index in [1.165, 1.54) is 34.6 Å². The first-order valence-corrected chi connectivity index (χ1v) is 18.8. The SMILES string of the molecule is CCCN1CCCC1=O.CCn1c2ccccc2c2cc(-c3nc4cc(NC)c(N=C(C=O)CCC(=O)NCCC5CCCN5C)cc4[nH]3)ccc21. The Bertz CT molecular complexity index is 2080. The third-order valence-electron chi connectivity index (χ3n) is 10.4. The molecule has 2 amide bonds. The number of aromatic nitrogens is 3. The summed E-state index contributed by atoms with van der Waals surface area (Å²) in [5.41, 5.74) is 6.77. The lowest BCUT2D eigenvalue weighted by Crippen LogP contribution is -2.31. The van der Waals surface area contributed by atoms with Crippen molar-refractivity contribution < 1.29 is 14.4 Å². The van der Waals surface area contributed by atoms with Gasteiger partial charge >= 0.3 is 0 Å². The number of hydrogen-bond donors (Lipinski definition) is 3. The van der Waals surface area contributed by atoms with Crippen LogP contribution in [-0.4, -0.2) is 94.5 Å². The molecule has 4 heterocycles. The number of benzene rings is 3. The van der Waals surface area contributed by atoms with Gasteiger partial charge in [0.05, 0.1) is 28.1 Å². The second kappa shape index (κ2) is 17.0. The molecule has 0 aliphatic carbocycles. The topological polar surface area (TPSA) is 128 Å². The fraction of sp³-hybridized carbons (Fsp3) is 0.439. The van der Waals surface area contributed by atoms with Gasteiger partial charge < -0.3 is 30.0 Å². The van der Waals surface area contributed by atoms with Crippen LogP contribution in [0.3, 0.4) is 0 Å². The number of rotatable bonds is 13. The van der Waals surface area contributed by atoms with Gasteiger partial charge in [-0.1, -0.05) is 25.1 Å². The van der Waals surface area contributed by atoms with Crippen molar-refractivity contribution in [3.63, 3.8) is 0 Å². The van der Waals surface area contributed by atoms with Crippen LogP contribution in [-0.2, 0) is 20.9 Å². The van der Waals surface area contributed by atoms with E-state index in [4.69, 9.17) is 4.98 Å². The summed E-state index contributed by atoms with van der Waals surface area (Å²) in [6.07, 6.45) is 7.53. The largest absolute Gasteiger partial charge is 0.386 e. The average molecular weight is 705 g/mol. The molecule has 0 saturated carbocycles. The number of para-hydroxylation sites is 1. The average Bonchev–Trinajstić information content (AvgIpc) is 3.95. The molecular formula is C41H52N8O3. The van der Waals surface area contributed by atoms with Gasteiger partial charge in [0, 0.05) is 85.9 Å². The van der Waals surface area contributed by atoms with Crippen LogP contribution in [0.25, 0.3) is 44.2 Å². The molecule has 7 rings (SSSR count). The summed E-state index contributed by atoms with van der Waals surface area (Å²) in [6.45, 7) is 8.89. The van der Waals surface area contributed by atoms with Gasteiger partial charge in [-0.3, -0.25) is 14.4 Å². The molecular weight excluding hydrogens is 653 g/mol. The van der Waals surface area contributed by atoms with Crippen LogP contribution in [0, 0.1) is 0 Å². The number of carbonyl (C=O) groups excluding carboxylic acids is 3. The quantitative estimate of drug-likeness (QED) is 0.0889. The molecule has 0 radical (unpaired) electrons. The van der Waals surface area contributed by atoms with Gasteiger partial charge in [0.25, 0.3) is 0 Å². The third kappa shape index (κ3) is 8.20. The second-order valence-corrected chi connectivity index (χ2v) is 13.8. The number of aromatic amines is 1. The van der Waals surface area contributed by atoms with E-state index in [9.17, 15) is 14.4 Å². The van der Waals surface area contributed by atoms with E-state index in [-0.39, 0.29) is 18.7 Å². The molecule has 3 N–H and O–H groups in total. The van der Waals surface area contributed by atoms with Gasteiger partial charge in [-0.15, -0.1) is 0 Å². The molecule has 11 nitrogen and oxygen atoms in total. The van der Waals surface area contributed by atoms with E-state index in [2.05, 4.69) is 93.4 Å². The molecule has 11 heteroatoms. The maximum Gasteiger partial charge on any atom is 0.222 e. The summed E-state index contributed by atoms with van der Waals surface area (Å²) in [6, 6.07) is 19.3. The van der Waals surface area contributed by atoms with Crippen LogP contribution >= 0.6 is 0 Å². The predicted molar refractivity (Wildman–Crippen MR) is 212 cm³/mol. The monoisotopic (exact) mass is 704 g/mol. The first-order valence-electron chi connectivity index (χ1n) is 18.8. The highest BCUT2D eigenvalue weighted by atomic mass is 16.2. The Morgan fingerprint density at radius 1 is 1.04 bits per heavy atom. The summed E-state index contributed by atoms with van der Waals surface area (Å²) in [5.74, 6) is 1.05. The highest BCUT2D eigenvalue weighted by Crippen LogP contribution is 2.35. The smallest absolute Gasteiger partial charge is 0.222 e. The van der Waals surface area contributed by atoms with Crippen molar-refractivity contribution in [2.45, 2.75) is 77.8 Å². The van der Waals surface area contributed by atoms with E-state index in [0.29, 0.717) is 29.9 Å². The molecule has 2 aliphatic rings. The van der Waals surface area contributed by atoms with Crippen molar-refractivity contribution in [3.8, 4) is 11.4 Å². The summed E-state index contributed by atoms with van der Waals surface area (Å²) in [5, 5.41) is 8.60. The number of imidazole rings is 1. The highest BCUT2D eigenvalue weighted by Gasteiger charge is 2.21. The number of hydrogen-bond acceptors (Lipinski definition) is 7. The van der Waals surface area contributed by atoms with Gasteiger partial charge in [0.2, 0.25) is 11.8 Å². The van der Waals surface area contributed by atoms with Crippen molar-refractivity contribution >= 4 is 68.0 Å². The van der Waals surface area contributed by atoms with Crippen LogP contribution in [0.5, 0.6) is 0 Å². The normalized spacial score (nSPS) is 16.5. The molecule has 1 unspecified atom stereocenters. The van der Waals surface area contributed by atoms with Crippen LogP contribution in [0.15, 0.2) is 59.6 Å². The summed E-state index contributed by atoms with van der Waals surface area (Å²) in [7, 11) is 3.96. The highest BCUT2D eigenvalue weighted by molar-refractivity contribution is 6.29. The van der Waals surface area contributed by atoms with Crippen LogP contribution in [0.4, 0.5) is 11.4 Å². The van der Waals surface area contributed by atoms with Crippen molar-refractivity contribution in [1.29, 1.82) is 0 Å². The van der Waals surface area contributed by atoms with E-state index < -0.39 is 0 Å². The first-order chi connectivity index (χ1) is 25.3. The standard InChI is InChI=1S/C34H39N7O2.C7H13NO/c1-4-41-31-10-6-5-9-25(31)26-18-22(11-13-32(26)41)34-38-29-19-27(35-2)28(20-30(29)39-34)37-23(21-42)12-14-33(43)36-16-15-24-8-7-17-40(24)3;1-2-5-8-6-3-4-7(8)9/h5-6,9-11,13,18-21,24,35H,4,7-8,12,14-17H2,1-3H3,(H,36,43)(H,38,39);2-6H2,1H3. The van der Waals surface area contributed by atoms with Crippen LogP contribution in [0.1, 0.15) is 65.2 Å². The number of fused-ring (bicyclic) bond motifs is 4.